The lowest BCUT2D eigenvalue weighted by molar-refractivity contribution is -0.117. The SMILES string of the molecule is CCNCC1CCN(C(=O)c2occc2CN2C(=O)Cc3ccccc32)CC1.Cl. The number of piperidine rings is 1. The van der Waals surface area contributed by atoms with Gasteiger partial charge >= 0.3 is 0 Å². The number of amides is 2. The second-order valence-corrected chi connectivity index (χ2v) is 7.60. The number of anilines is 1. The van der Waals surface area contributed by atoms with Crippen LogP contribution in [0.2, 0.25) is 0 Å². The average molecular weight is 418 g/mol. The van der Waals surface area contributed by atoms with E-state index >= 15 is 0 Å². The molecule has 2 aliphatic heterocycles. The number of hydrogen-bond acceptors (Lipinski definition) is 4. The minimum atomic E-state index is -0.0677. The van der Waals surface area contributed by atoms with Crippen molar-refractivity contribution in [1.29, 1.82) is 0 Å². The van der Waals surface area contributed by atoms with Crippen LogP contribution in [0.3, 0.4) is 0 Å². The van der Waals surface area contributed by atoms with Gasteiger partial charge in [-0.05, 0) is 49.5 Å². The first kappa shape index (κ1) is 21.4. The second kappa shape index (κ2) is 9.46. The molecule has 0 unspecified atom stereocenters. The predicted molar refractivity (Wildman–Crippen MR) is 114 cm³/mol. The first-order valence-corrected chi connectivity index (χ1v) is 10.1. The van der Waals surface area contributed by atoms with E-state index in [0.717, 1.165) is 55.8 Å². The first-order chi connectivity index (χ1) is 13.7. The molecule has 4 rings (SSSR count). The van der Waals surface area contributed by atoms with Crippen LogP contribution in [0.15, 0.2) is 41.0 Å². The molecule has 156 valence electrons. The molecule has 0 spiro atoms. The second-order valence-electron chi connectivity index (χ2n) is 7.60. The maximum atomic E-state index is 13.0. The van der Waals surface area contributed by atoms with Crippen LogP contribution in [0.25, 0.3) is 0 Å². The Balaban J connectivity index is 0.00000240. The Bertz CT molecular complexity index is 858. The largest absolute Gasteiger partial charge is 0.459 e. The lowest BCUT2D eigenvalue weighted by atomic mass is 9.96. The fourth-order valence-corrected chi connectivity index (χ4v) is 4.14. The molecule has 0 radical (unpaired) electrons. The van der Waals surface area contributed by atoms with Crippen LogP contribution in [0.1, 0.15) is 41.4 Å². The summed E-state index contributed by atoms with van der Waals surface area (Å²) in [5.74, 6) is 0.980. The summed E-state index contributed by atoms with van der Waals surface area (Å²) in [6.45, 7) is 5.97. The molecular formula is C22H28ClN3O3. The number of furan rings is 1. The molecule has 0 bridgehead atoms. The number of carbonyl (C=O) groups is 2. The Labute approximate surface area is 177 Å². The molecule has 0 atom stereocenters. The van der Waals surface area contributed by atoms with Crippen molar-refractivity contribution in [3.63, 3.8) is 0 Å². The predicted octanol–water partition coefficient (Wildman–Crippen LogP) is 3.25. The van der Waals surface area contributed by atoms with Gasteiger partial charge in [0.2, 0.25) is 5.91 Å². The van der Waals surface area contributed by atoms with Crippen molar-refractivity contribution >= 4 is 29.9 Å². The van der Waals surface area contributed by atoms with Crippen LogP contribution in [-0.4, -0.2) is 42.9 Å². The van der Waals surface area contributed by atoms with Crippen LogP contribution in [0.4, 0.5) is 5.69 Å². The average Bonchev–Trinajstić information content (AvgIpc) is 3.31. The standard InChI is InChI=1S/C22H27N3O3.ClH/c1-2-23-14-16-7-10-24(11-8-16)22(27)21-18(9-12-28-21)15-25-19-6-4-3-5-17(19)13-20(25)26;/h3-6,9,12,16,23H,2,7-8,10-11,13-15H2,1H3;1H. The topological polar surface area (TPSA) is 65.8 Å². The summed E-state index contributed by atoms with van der Waals surface area (Å²) < 4.78 is 5.56. The molecule has 1 N–H and O–H groups in total. The first-order valence-electron chi connectivity index (χ1n) is 10.1. The number of para-hydroxylation sites is 1. The van der Waals surface area contributed by atoms with Gasteiger partial charge in [0.25, 0.3) is 5.91 Å². The van der Waals surface area contributed by atoms with Gasteiger partial charge in [-0.1, -0.05) is 25.1 Å². The van der Waals surface area contributed by atoms with E-state index in [1.54, 1.807) is 17.2 Å². The smallest absolute Gasteiger partial charge is 0.289 e. The summed E-state index contributed by atoms with van der Waals surface area (Å²) in [7, 11) is 0. The van der Waals surface area contributed by atoms with Gasteiger partial charge in [0.1, 0.15) is 0 Å². The van der Waals surface area contributed by atoms with Crippen molar-refractivity contribution in [3.8, 4) is 0 Å². The fourth-order valence-electron chi connectivity index (χ4n) is 4.14. The van der Waals surface area contributed by atoms with Crippen molar-refractivity contribution in [2.24, 2.45) is 5.92 Å². The highest BCUT2D eigenvalue weighted by Gasteiger charge is 2.31. The van der Waals surface area contributed by atoms with Gasteiger partial charge in [-0.3, -0.25) is 9.59 Å². The van der Waals surface area contributed by atoms with E-state index in [2.05, 4.69) is 12.2 Å². The van der Waals surface area contributed by atoms with Gasteiger partial charge in [0, 0.05) is 24.3 Å². The molecule has 0 aliphatic carbocycles. The maximum absolute atomic E-state index is 13.0. The third-order valence-corrected chi connectivity index (χ3v) is 5.78. The number of likely N-dealkylation sites (tertiary alicyclic amines) is 1. The summed E-state index contributed by atoms with van der Waals surface area (Å²) in [4.78, 5) is 29.1. The molecule has 2 aromatic rings. The fraction of sp³-hybridized carbons (Fsp3) is 0.455. The van der Waals surface area contributed by atoms with E-state index in [9.17, 15) is 9.59 Å². The lowest BCUT2D eigenvalue weighted by Crippen LogP contribution is -2.41. The van der Waals surface area contributed by atoms with Gasteiger partial charge in [-0.2, -0.15) is 0 Å². The highest BCUT2D eigenvalue weighted by molar-refractivity contribution is 6.01. The van der Waals surface area contributed by atoms with Crippen molar-refractivity contribution in [2.75, 3.05) is 31.1 Å². The third kappa shape index (κ3) is 4.49. The number of carbonyl (C=O) groups excluding carboxylic acids is 2. The van der Waals surface area contributed by atoms with E-state index in [1.165, 1.54) is 0 Å². The van der Waals surface area contributed by atoms with Crippen molar-refractivity contribution in [3.05, 3.63) is 53.5 Å². The zero-order chi connectivity index (χ0) is 19.5. The minimum absolute atomic E-state index is 0. The number of nitrogens with one attached hydrogen (secondary N) is 1. The van der Waals surface area contributed by atoms with Gasteiger partial charge in [0.05, 0.1) is 19.2 Å². The van der Waals surface area contributed by atoms with Crippen LogP contribution in [0.5, 0.6) is 0 Å². The van der Waals surface area contributed by atoms with E-state index in [0.29, 0.717) is 24.6 Å². The lowest BCUT2D eigenvalue weighted by Gasteiger charge is -2.31. The highest BCUT2D eigenvalue weighted by Crippen LogP contribution is 2.31. The summed E-state index contributed by atoms with van der Waals surface area (Å²) in [5, 5.41) is 3.39. The summed E-state index contributed by atoms with van der Waals surface area (Å²) in [6, 6.07) is 9.62. The monoisotopic (exact) mass is 417 g/mol. The van der Waals surface area contributed by atoms with Gasteiger partial charge in [0.15, 0.2) is 5.76 Å². The normalized spacial score (nSPS) is 16.7. The van der Waals surface area contributed by atoms with Gasteiger partial charge in [-0.15, -0.1) is 12.4 Å². The number of halogens is 1. The van der Waals surface area contributed by atoms with Crippen LogP contribution >= 0.6 is 12.4 Å². The number of hydrogen-bond donors (Lipinski definition) is 1. The molecule has 2 aliphatic rings. The van der Waals surface area contributed by atoms with Crippen molar-refractivity contribution in [1.82, 2.24) is 10.2 Å². The molecule has 1 saturated heterocycles. The Kier molecular flexibility index (Phi) is 6.98. The zero-order valence-corrected chi connectivity index (χ0v) is 17.5. The number of benzene rings is 1. The van der Waals surface area contributed by atoms with E-state index in [-0.39, 0.29) is 24.2 Å². The zero-order valence-electron chi connectivity index (χ0n) is 16.7. The number of fused-ring (bicyclic) bond motifs is 1. The van der Waals surface area contributed by atoms with E-state index in [1.807, 2.05) is 29.2 Å². The molecular weight excluding hydrogens is 390 g/mol. The van der Waals surface area contributed by atoms with Crippen molar-refractivity contribution < 1.29 is 14.0 Å². The molecule has 7 heteroatoms. The Morgan fingerprint density at radius 1 is 1.21 bits per heavy atom. The van der Waals surface area contributed by atoms with Crippen molar-refractivity contribution in [2.45, 2.75) is 32.7 Å². The van der Waals surface area contributed by atoms with Crippen LogP contribution in [0, 0.1) is 5.92 Å². The van der Waals surface area contributed by atoms with Gasteiger partial charge in [-0.25, -0.2) is 0 Å². The van der Waals surface area contributed by atoms with Crippen LogP contribution in [-0.2, 0) is 17.8 Å². The van der Waals surface area contributed by atoms with Crippen LogP contribution < -0.4 is 10.2 Å². The summed E-state index contributed by atoms with van der Waals surface area (Å²) in [6.07, 6.45) is 3.98. The van der Waals surface area contributed by atoms with Gasteiger partial charge < -0.3 is 19.5 Å². The molecule has 2 amide bonds. The maximum Gasteiger partial charge on any atom is 0.289 e. The molecule has 1 aromatic heterocycles. The summed E-state index contributed by atoms with van der Waals surface area (Å²) >= 11 is 0. The number of nitrogens with zero attached hydrogens (tertiary/aromatic N) is 2. The summed E-state index contributed by atoms with van der Waals surface area (Å²) in [5.41, 5.74) is 2.73. The third-order valence-electron chi connectivity index (χ3n) is 5.78. The Hall–Kier alpha value is -2.31. The Morgan fingerprint density at radius 2 is 1.97 bits per heavy atom. The molecule has 1 fully saturated rings. The Morgan fingerprint density at radius 3 is 2.72 bits per heavy atom. The highest BCUT2D eigenvalue weighted by atomic mass is 35.5. The molecule has 0 saturated carbocycles. The quantitative estimate of drug-likeness (QED) is 0.783. The molecule has 29 heavy (non-hydrogen) atoms. The van der Waals surface area contributed by atoms with E-state index in [4.69, 9.17) is 4.42 Å². The molecule has 3 heterocycles. The van der Waals surface area contributed by atoms with E-state index < -0.39 is 0 Å². The minimum Gasteiger partial charge on any atom is -0.459 e. The number of rotatable bonds is 6. The molecule has 6 nitrogen and oxygen atoms in total. The molecule has 1 aromatic carbocycles.